The second-order valence-corrected chi connectivity index (χ2v) is 11.7. The lowest BCUT2D eigenvalue weighted by atomic mass is 9.76. The highest BCUT2D eigenvalue weighted by Crippen LogP contribution is 2.48. The average molecular weight is 658 g/mol. The molecule has 7 N–H and O–H groups in total. The molecule has 13 nitrogen and oxygen atoms in total. The number of aliphatic hydroxyl groups is 2. The summed E-state index contributed by atoms with van der Waals surface area (Å²) in [6.45, 7) is 0.374. The van der Waals surface area contributed by atoms with Crippen LogP contribution < -0.4 is 16.8 Å². The Labute approximate surface area is 254 Å². The number of nitrogens with two attached hydrogens (primary N) is 2. The lowest BCUT2D eigenvalue weighted by Gasteiger charge is -2.48. The van der Waals surface area contributed by atoms with Crippen LogP contribution in [0.25, 0.3) is 0 Å². The number of carbonyl (C=O) groups excluding carboxylic acids is 3. The van der Waals surface area contributed by atoms with E-state index in [1.807, 2.05) is 0 Å². The Morgan fingerprint density at radius 3 is 2.43 bits per heavy atom. The van der Waals surface area contributed by atoms with E-state index in [1.54, 1.807) is 31.2 Å². The average Bonchev–Trinajstić information content (AvgIpc) is 3.49. The lowest BCUT2D eigenvalue weighted by Crippen LogP contribution is -2.77. The molecule has 2 amide bonds. The van der Waals surface area contributed by atoms with E-state index in [1.165, 1.54) is 0 Å². The van der Waals surface area contributed by atoms with Crippen LogP contribution in [0, 0.1) is 11.3 Å². The number of hydrogen-bond acceptors (Lipinski definition) is 12. The Kier molecular flexibility index (Phi) is 6.59. The van der Waals surface area contributed by atoms with Crippen molar-refractivity contribution in [2.24, 2.45) is 32.8 Å². The number of alkyl halides is 6. The van der Waals surface area contributed by atoms with Gasteiger partial charge >= 0.3 is 18.3 Å². The number of carbonyl (C=O) groups is 3. The number of likely N-dealkylation sites (tertiary alicyclic amines) is 1. The third kappa shape index (κ3) is 4.28. The first-order chi connectivity index (χ1) is 21.2. The van der Waals surface area contributed by atoms with E-state index in [2.05, 4.69) is 15.3 Å². The number of benzene rings is 1. The molecule has 2 saturated heterocycles. The number of aliphatic imine (C=N–C) groups is 2. The van der Waals surface area contributed by atoms with Crippen molar-refractivity contribution >= 4 is 29.7 Å². The molecule has 0 saturated carbocycles. The molecule has 6 atom stereocenters. The van der Waals surface area contributed by atoms with Gasteiger partial charge in [-0.15, -0.1) is 0 Å². The molecule has 4 unspecified atom stereocenters. The maximum absolute atomic E-state index is 13.7. The van der Waals surface area contributed by atoms with Crippen LogP contribution in [-0.4, -0.2) is 92.4 Å². The van der Waals surface area contributed by atoms with Gasteiger partial charge in [0.1, 0.15) is 6.04 Å². The number of fused-ring (bicyclic) bond motifs is 1. The quantitative estimate of drug-likeness (QED) is 0.128. The minimum atomic E-state index is -5.28. The number of esters is 1. The largest absolute Gasteiger partial charge is 0.451 e. The van der Waals surface area contributed by atoms with Gasteiger partial charge in [0.2, 0.25) is 17.6 Å². The minimum Gasteiger partial charge on any atom is -0.451 e. The van der Waals surface area contributed by atoms with Gasteiger partial charge in [-0.25, -0.2) is 14.8 Å². The first-order valence-electron chi connectivity index (χ1n) is 13.6. The predicted molar refractivity (Wildman–Crippen MR) is 143 cm³/mol. The number of rotatable bonds is 4. The number of ether oxygens (including phenoxy) is 1. The summed E-state index contributed by atoms with van der Waals surface area (Å²) in [6.07, 6.45) is -6.21. The predicted octanol–water partition coefficient (Wildman–Crippen LogP) is 0.0431. The normalized spacial score (nSPS) is 32.9. The molecule has 246 valence electrons. The maximum atomic E-state index is 13.7. The van der Waals surface area contributed by atoms with Crippen molar-refractivity contribution in [3.63, 3.8) is 0 Å². The number of allylic oxidation sites excluding steroid dienone is 2. The van der Waals surface area contributed by atoms with Crippen molar-refractivity contribution in [3.05, 3.63) is 59.2 Å². The van der Waals surface area contributed by atoms with Crippen molar-refractivity contribution in [2.45, 2.75) is 48.9 Å². The Bertz CT molecular complexity index is 1670. The number of nitrogens with zero attached hydrogens (tertiary/aromatic N) is 4. The molecule has 1 spiro atoms. The van der Waals surface area contributed by atoms with Gasteiger partial charge < -0.3 is 36.6 Å². The van der Waals surface area contributed by atoms with Gasteiger partial charge in [0.05, 0.1) is 47.2 Å². The van der Waals surface area contributed by atoms with E-state index in [9.17, 15) is 50.9 Å². The number of nitrogens with one attached hydrogen (secondary N) is 1. The lowest BCUT2D eigenvalue weighted by molar-refractivity contribution is -0.256. The molecule has 0 bridgehead atoms. The maximum Gasteiger partial charge on any atom is 0.417 e. The fraction of sp³-hybridized carbons (Fsp3) is 0.444. The van der Waals surface area contributed by atoms with Gasteiger partial charge in [-0.3, -0.25) is 14.5 Å². The zero-order chi connectivity index (χ0) is 33.8. The highest BCUT2D eigenvalue weighted by atomic mass is 19.4. The molecule has 46 heavy (non-hydrogen) atoms. The van der Waals surface area contributed by atoms with E-state index in [0.29, 0.717) is 0 Å². The SMILES string of the molecule is CC12C=CC=CC1C(=O)N(C[C@@H]1N=C(N)N3C[C@H](OC(=O)c4cc(C(F)(F)F)ccc4C(F)(F)F)C(O)(O)C34NC(N)=NC14)C2=O. The van der Waals surface area contributed by atoms with Crippen LogP contribution in [0.2, 0.25) is 0 Å². The van der Waals surface area contributed by atoms with Crippen LogP contribution in [0.4, 0.5) is 26.3 Å². The number of amides is 2. The summed E-state index contributed by atoms with van der Waals surface area (Å²) in [5.74, 6) is -8.04. The summed E-state index contributed by atoms with van der Waals surface area (Å²) in [4.78, 5) is 50.0. The zero-order valence-corrected chi connectivity index (χ0v) is 23.5. The molecule has 0 aromatic heterocycles. The van der Waals surface area contributed by atoms with Crippen LogP contribution in [0.5, 0.6) is 0 Å². The number of guanidine groups is 2. The Morgan fingerprint density at radius 2 is 1.80 bits per heavy atom. The second-order valence-electron chi connectivity index (χ2n) is 11.7. The molecule has 4 aliphatic heterocycles. The first-order valence-corrected chi connectivity index (χ1v) is 13.6. The monoisotopic (exact) mass is 657 g/mol. The Hall–Kier alpha value is -4.65. The highest BCUT2D eigenvalue weighted by Gasteiger charge is 2.75. The molecular weight excluding hydrogens is 632 g/mol. The third-order valence-corrected chi connectivity index (χ3v) is 8.98. The Morgan fingerprint density at radius 1 is 1.11 bits per heavy atom. The van der Waals surface area contributed by atoms with E-state index in [-0.39, 0.29) is 18.2 Å². The van der Waals surface area contributed by atoms with Crippen molar-refractivity contribution in [1.82, 2.24) is 15.1 Å². The summed E-state index contributed by atoms with van der Waals surface area (Å²) in [5.41, 5.74) is 3.70. The third-order valence-electron chi connectivity index (χ3n) is 8.98. The zero-order valence-electron chi connectivity index (χ0n) is 23.5. The molecule has 5 aliphatic rings. The van der Waals surface area contributed by atoms with Crippen molar-refractivity contribution in [1.29, 1.82) is 0 Å². The summed E-state index contributed by atoms with van der Waals surface area (Å²) < 4.78 is 86.0. The molecule has 2 fully saturated rings. The second kappa shape index (κ2) is 9.68. The molecule has 6 rings (SSSR count). The first kappa shape index (κ1) is 31.3. The summed E-state index contributed by atoms with van der Waals surface area (Å²) in [7, 11) is 0. The van der Waals surface area contributed by atoms with Gasteiger partial charge in [0, 0.05) is 0 Å². The molecular formula is C27H25F6N7O6. The molecule has 1 aliphatic carbocycles. The van der Waals surface area contributed by atoms with E-state index in [0.717, 1.165) is 9.80 Å². The van der Waals surface area contributed by atoms with Crippen LogP contribution in [-0.2, 0) is 26.7 Å². The van der Waals surface area contributed by atoms with E-state index in [4.69, 9.17) is 16.2 Å². The molecule has 4 heterocycles. The van der Waals surface area contributed by atoms with Crippen molar-refractivity contribution < 1.29 is 55.7 Å². The number of imide groups is 1. The van der Waals surface area contributed by atoms with Crippen LogP contribution >= 0.6 is 0 Å². The van der Waals surface area contributed by atoms with Gasteiger partial charge in [-0.2, -0.15) is 26.3 Å². The van der Waals surface area contributed by atoms with E-state index < -0.39 is 113 Å². The Balaban J connectivity index is 1.33. The standard InChI is InChI=1S/C27H25F6N7O6/c1-23-7-3-2-4-14(23)18(41)39(20(23)43)9-15-17-24(38-21(34)37-17)25(44,45)16(10-40(24)22(35)36-15)46-19(42)12-8-11(26(28,29)30)5-6-13(12)27(31,32)33/h2-8,14-17,44-45H,9-10H2,1H3,(H2,35,36)(H3,34,37,38)/t14?,15-,16-,17?,23?,24?/m0/s1. The van der Waals surface area contributed by atoms with Crippen LogP contribution in [0.15, 0.2) is 52.5 Å². The fourth-order valence-corrected chi connectivity index (χ4v) is 6.70. The van der Waals surface area contributed by atoms with Gasteiger partial charge in [0.25, 0.3) is 0 Å². The van der Waals surface area contributed by atoms with E-state index >= 15 is 0 Å². The highest BCUT2D eigenvalue weighted by molar-refractivity contribution is 6.09. The van der Waals surface area contributed by atoms with Crippen molar-refractivity contribution in [2.75, 3.05) is 13.1 Å². The smallest absolute Gasteiger partial charge is 0.417 e. The summed E-state index contributed by atoms with van der Waals surface area (Å²) in [6, 6.07) is -2.57. The number of halogens is 6. The minimum absolute atomic E-state index is 0.0573. The molecule has 1 aromatic rings. The summed E-state index contributed by atoms with van der Waals surface area (Å²) in [5, 5.41) is 25.6. The van der Waals surface area contributed by atoms with Crippen LogP contribution in [0.1, 0.15) is 28.4 Å². The topological polar surface area (TPSA) is 196 Å². The molecule has 1 aromatic carbocycles. The molecule has 0 radical (unpaired) electrons. The van der Waals surface area contributed by atoms with Gasteiger partial charge in [-0.05, 0) is 25.1 Å². The fourth-order valence-electron chi connectivity index (χ4n) is 6.70. The number of hydrogen-bond donors (Lipinski definition) is 5. The molecule has 19 heteroatoms. The van der Waals surface area contributed by atoms with Gasteiger partial charge in [-0.1, -0.05) is 24.3 Å². The van der Waals surface area contributed by atoms with Crippen LogP contribution in [0.3, 0.4) is 0 Å². The summed E-state index contributed by atoms with van der Waals surface area (Å²) >= 11 is 0. The van der Waals surface area contributed by atoms with Crippen molar-refractivity contribution in [3.8, 4) is 0 Å². The van der Waals surface area contributed by atoms with Gasteiger partial charge in [0.15, 0.2) is 23.7 Å².